The van der Waals surface area contributed by atoms with Gasteiger partial charge in [-0.15, -0.1) is 13.2 Å². The summed E-state index contributed by atoms with van der Waals surface area (Å²) in [7, 11) is 3.30. The van der Waals surface area contributed by atoms with Crippen LogP contribution in [0.15, 0.2) is 104 Å². The van der Waals surface area contributed by atoms with Crippen LogP contribution in [0.25, 0.3) is 21.8 Å². The van der Waals surface area contributed by atoms with E-state index in [1.54, 1.807) is 26.6 Å². The van der Waals surface area contributed by atoms with Gasteiger partial charge in [0.15, 0.2) is 0 Å². The zero-order valence-corrected chi connectivity index (χ0v) is 33.1. The summed E-state index contributed by atoms with van der Waals surface area (Å²) in [5.41, 5.74) is 4.66. The second-order valence-electron chi connectivity index (χ2n) is 17.4. The minimum atomic E-state index is -0.766. The number of aromatic nitrogens is 2. The van der Waals surface area contributed by atoms with Crippen molar-refractivity contribution in [1.29, 1.82) is 0 Å². The highest BCUT2D eigenvalue weighted by Gasteiger charge is 2.56. The number of methoxy groups -OCH3 is 2. The molecule has 6 saturated heterocycles. The van der Waals surface area contributed by atoms with Gasteiger partial charge in [-0.25, -0.2) is 4.39 Å². The number of aliphatic hydroxyl groups is 2. The van der Waals surface area contributed by atoms with Crippen LogP contribution in [0, 0.1) is 29.5 Å². The maximum absolute atomic E-state index is 17.4. The number of ether oxygens (including phenoxy) is 2. The largest absolute Gasteiger partial charge is 0.497 e. The minimum Gasteiger partial charge on any atom is -0.497 e. The molecule has 6 aliphatic rings. The van der Waals surface area contributed by atoms with Gasteiger partial charge in [0.1, 0.15) is 54.7 Å². The van der Waals surface area contributed by atoms with E-state index in [4.69, 9.17) is 9.47 Å². The number of pyridine rings is 2. The summed E-state index contributed by atoms with van der Waals surface area (Å²) in [5.74, 6) is 2.74. The minimum absolute atomic E-state index is 0.121. The van der Waals surface area contributed by atoms with Gasteiger partial charge in [-0.3, -0.25) is 9.97 Å². The highest BCUT2D eigenvalue weighted by molar-refractivity contribution is 5.84. The highest BCUT2D eigenvalue weighted by atomic mass is 19.1. The third-order valence-corrected chi connectivity index (χ3v) is 14.8. The number of piperidine rings is 6. The molecule has 8 nitrogen and oxygen atoms in total. The Kier molecular flexibility index (Phi) is 9.92. The lowest BCUT2D eigenvalue weighted by Gasteiger charge is -2.58. The van der Waals surface area contributed by atoms with Crippen molar-refractivity contribution in [1.82, 2.24) is 9.97 Å². The first-order valence-electron chi connectivity index (χ1n) is 20.6. The van der Waals surface area contributed by atoms with Crippen molar-refractivity contribution in [2.75, 3.05) is 40.4 Å². The lowest BCUT2D eigenvalue weighted by atomic mass is 9.70. The van der Waals surface area contributed by atoms with Crippen molar-refractivity contribution in [2.24, 2.45) is 23.7 Å². The van der Waals surface area contributed by atoms with Crippen LogP contribution in [0.2, 0.25) is 0 Å². The molecule has 11 rings (SSSR count). The third kappa shape index (κ3) is 6.43. The maximum atomic E-state index is 17.4. The van der Waals surface area contributed by atoms with Gasteiger partial charge in [0.2, 0.25) is 0 Å². The second-order valence-corrected chi connectivity index (χ2v) is 17.4. The van der Waals surface area contributed by atoms with Crippen LogP contribution in [-0.2, 0) is 13.1 Å². The number of benzene rings is 3. The van der Waals surface area contributed by atoms with E-state index < -0.39 is 12.2 Å². The Bertz CT molecular complexity index is 2180. The Morgan fingerprint density at radius 1 is 0.719 bits per heavy atom. The molecule has 6 aliphatic heterocycles. The van der Waals surface area contributed by atoms with Gasteiger partial charge < -0.3 is 28.7 Å². The van der Waals surface area contributed by atoms with Crippen molar-refractivity contribution in [3.05, 3.63) is 133 Å². The summed E-state index contributed by atoms with van der Waals surface area (Å²) in [6.07, 6.45) is 9.90. The lowest BCUT2D eigenvalue weighted by molar-refractivity contribution is -0.985. The normalized spacial score (nSPS) is 30.3. The van der Waals surface area contributed by atoms with Crippen molar-refractivity contribution < 1.29 is 33.0 Å². The van der Waals surface area contributed by atoms with Gasteiger partial charge in [0, 0.05) is 71.8 Å². The molecule has 0 radical (unpaired) electrons. The molecule has 57 heavy (non-hydrogen) atoms. The van der Waals surface area contributed by atoms with Crippen LogP contribution in [0.5, 0.6) is 11.5 Å². The van der Waals surface area contributed by atoms with E-state index in [1.165, 1.54) is 0 Å². The average Bonchev–Trinajstić information content (AvgIpc) is 3.26. The van der Waals surface area contributed by atoms with Gasteiger partial charge in [-0.05, 0) is 71.5 Å². The van der Waals surface area contributed by atoms with E-state index in [1.807, 2.05) is 66.7 Å². The Labute approximate surface area is 335 Å². The maximum Gasteiger partial charge on any atom is 0.140 e. The summed E-state index contributed by atoms with van der Waals surface area (Å²) < 4.78 is 29.8. The molecule has 3 aromatic carbocycles. The summed E-state index contributed by atoms with van der Waals surface area (Å²) >= 11 is 0. The van der Waals surface area contributed by atoms with Crippen LogP contribution >= 0.6 is 0 Å². The molecular weight excluding hydrogens is 716 g/mol. The molecule has 0 saturated carbocycles. The molecule has 0 aliphatic carbocycles. The Morgan fingerprint density at radius 3 is 1.60 bits per heavy atom. The molecular formula is C48H55FN4O4+2. The SMILES string of the molecule is C=C[C@@H]1C[N+]2(Cc3cccc(C[N+]45CC[C@@H](C[C@H]4[C@H](O)c4ccnc6ccc(OC)cc46)[C@@H](C=C)C5)c3F)CC[C@@H]1C[C@H]2[C@H](O)c1ccnc2ccc(OC)cc12. The topological polar surface area (TPSA) is 84.7 Å². The van der Waals surface area contributed by atoms with Gasteiger partial charge in [-0.1, -0.05) is 30.4 Å². The molecule has 5 aromatic rings. The molecule has 8 heterocycles. The van der Waals surface area contributed by atoms with Crippen molar-refractivity contribution >= 4 is 21.8 Å². The van der Waals surface area contributed by atoms with Crippen LogP contribution in [0.1, 0.15) is 60.1 Å². The quantitative estimate of drug-likeness (QED) is 0.0983. The fraction of sp³-hybridized carbons (Fsp3) is 0.417. The van der Waals surface area contributed by atoms with E-state index in [0.717, 1.165) is 96.3 Å². The molecule has 4 bridgehead atoms. The van der Waals surface area contributed by atoms with Gasteiger partial charge in [0.25, 0.3) is 0 Å². The van der Waals surface area contributed by atoms with Gasteiger partial charge >= 0.3 is 0 Å². The predicted molar refractivity (Wildman–Crippen MR) is 221 cm³/mol. The summed E-state index contributed by atoms with van der Waals surface area (Å²) in [4.78, 5) is 9.17. The molecule has 2 N–H and O–H groups in total. The number of nitrogens with zero attached hydrogens (tertiary/aromatic N) is 4. The lowest BCUT2D eigenvalue weighted by Crippen LogP contribution is -2.68. The van der Waals surface area contributed by atoms with Crippen LogP contribution < -0.4 is 9.47 Å². The molecule has 9 heteroatoms. The zero-order valence-electron chi connectivity index (χ0n) is 33.1. The Balaban J connectivity index is 1.06. The molecule has 0 spiro atoms. The van der Waals surface area contributed by atoms with Crippen molar-refractivity contribution in [3.8, 4) is 11.5 Å². The Morgan fingerprint density at radius 2 is 1.18 bits per heavy atom. The predicted octanol–water partition coefficient (Wildman–Crippen LogP) is 8.23. The van der Waals surface area contributed by atoms with E-state index in [9.17, 15) is 10.2 Å². The van der Waals surface area contributed by atoms with E-state index in [-0.39, 0.29) is 17.9 Å². The number of halogens is 1. The molecule has 6 fully saturated rings. The fourth-order valence-electron chi connectivity index (χ4n) is 11.8. The standard InChI is InChI=1S/C48H55FN4O4/c1-5-30-26-52(20-16-32(30)22-44(52)47(54)38-14-18-50-42-12-10-36(56-3)24-40(38)42)28-34-8-7-9-35(46(34)49)29-53-21-17-33(31(6-2)27-53)23-45(53)48(55)39-15-19-51-43-13-11-37(57-4)25-41(39)43/h5-15,18-19,24-25,30-33,44-45,47-48,54-55H,1-2,16-17,20-23,26-29H2,3-4H3/q+2/t30-,31+,32-,33+,44-,45-,47+,48+,52?,53?/m0/s1. The Hall–Kier alpha value is -4.67. The zero-order chi connectivity index (χ0) is 39.5. The van der Waals surface area contributed by atoms with E-state index >= 15 is 4.39 Å². The van der Waals surface area contributed by atoms with E-state index in [2.05, 4.69) is 35.3 Å². The third-order valence-electron chi connectivity index (χ3n) is 14.8. The van der Waals surface area contributed by atoms with Gasteiger partial charge in [0.05, 0.1) is 51.4 Å². The fourth-order valence-corrected chi connectivity index (χ4v) is 11.8. The molecule has 10 atom stereocenters. The highest BCUT2D eigenvalue weighted by Crippen LogP contribution is 2.50. The second kappa shape index (κ2) is 14.9. The summed E-state index contributed by atoms with van der Waals surface area (Å²) in [6.45, 7) is 12.8. The van der Waals surface area contributed by atoms with Crippen LogP contribution in [0.3, 0.4) is 0 Å². The first kappa shape index (κ1) is 37.9. The first-order valence-corrected chi connectivity index (χ1v) is 20.6. The average molecular weight is 771 g/mol. The number of fused-ring (bicyclic) bond motifs is 8. The van der Waals surface area contributed by atoms with Crippen molar-refractivity contribution in [3.63, 3.8) is 0 Å². The molecule has 2 aromatic heterocycles. The number of hydrogen-bond donors (Lipinski definition) is 2. The number of rotatable bonds is 12. The van der Waals surface area contributed by atoms with Crippen LogP contribution in [-0.4, -0.2) is 81.6 Å². The molecule has 0 amide bonds. The van der Waals surface area contributed by atoms with E-state index in [0.29, 0.717) is 56.9 Å². The van der Waals surface area contributed by atoms with Gasteiger partial charge in [-0.2, -0.15) is 0 Å². The number of hydrogen-bond acceptors (Lipinski definition) is 6. The summed E-state index contributed by atoms with van der Waals surface area (Å²) in [5, 5.41) is 26.6. The first-order chi connectivity index (χ1) is 27.7. The van der Waals surface area contributed by atoms with Crippen molar-refractivity contribution in [2.45, 2.75) is 63.1 Å². The summed E-state index contributed by atoms with van der Waals surface area (Å²) in [6, 6.07) is 21.1. The number of quaternary nitrogens is 2. The smallest absolute Gasteiger partial charge is 0.140 e. The monoisotopic (exact) mass is 770 g/mol. The van der Waals surface area contributed by atoms with Crippen LogP contribution in [0.4, 0.5) is 4.39 Å². The molecule has 296 valence electrons. The number of aliphatic hydroxyl groups excluding tert-OH is 2. The molecule has 2 unspecified atom stereocenters.